The topological polar surface area (TPSA) is 84.5 Å². The van der Waals surface area contributed by atoms with E-state index >= 15 is 4.39 Å². The zero-order valence-electron chi connectivity index (χ0n) is 19.5. The van der Waals surface area contributed by atoms with E-state index in [0.29, 0.717) is 11.2 Å². The van der Waals surface area contributed by atoms with Gasteiger partial charge in [0.2, 0.25) is 5.88 Å². The number of fused-ring (bicyclic) bond motifs is 1. The molecule has 0 atom stereocenters. The van der Waals surface area contributed by atoms with Crippen LogP contribution in [0.2, 0.25) is 0 Å². The van der Waals surface area contributed by atoms with Gasteiger partial charge in [-0.1, -0.05) is 0 Å². The van der Waals surface area contributed by atoms with Crippen molar-refractivity contribution in [1.82, 2.24) is 24.8 Å². The van der Waals surface area contributed by atoms with Crippen molar-refractivity contribution in [2.45, 2.75) is 20.4 Å². The van der Waals surface area contributed by atoms with E-state index in [2.05, 4.69) is 35.3 Å². The predicted octanol–water partition coefficient (Wildman–Crippen LogP) is 4.79. The molecule has 0 spiro atoms. The molecule has 0 radical (unpaired) electrons. The van der Waals surface area contributed by atoms with Crippen molar-refractivity contribution in [2.24, 2.45) is 0 Å². The Morgan fingerprint density at radius 3 is 2.71 bits per heavy atom. The molecule has 1 aromatic carbocycles. The van der Waals surface area contributed by atoms with Gasteiger partial charge < -0.3 is 24.8 Å². The van der Waals surface area contributed by atoms with Gasteiger partial charge in [0.05, 0.1) is 24.0 Å². The van der Waals surface area contributed by atoms with Crippen molar-refractivity contribution in [1.29, 1.82) is 0 Å². The summed E-state index contributed by atoms with van der Waals surface area (Å²) in [7, 11) is 0. The number of halogens is 1. The van der Waals surface area contributed by atoms with Crippen molar-refractivity contribution in [3.05, 3.63) is 65.8 Å². The predicted molar refractivity (Wildman–Crippen MR) is 133 cm³/mol. The second kappa shape index (κ2) is 9.56. The lowest BCUT2D eigenvalue weighted by molar-refractivity contribution is 0.432. The van der Waals surface area contributed by atoms with Crippen LogP contribution in [0.5, 0.6) is 11.6 Å². The Balaban J connectivity index is 1.40. The zero-order valence-corrected chi connectivity index (χ0v) is 19.5. The molecular formula is C25H25FN8O. The first-order chi connectivity index (χ1) is 17.1. The minimum absolute atomic E-state index is 0.00111. The van der Waals surface area contributed by atoms with Gasteiger partial charge in [-0.2, -0.15) is 0 Å². The molecule has 0 unspecified atom stereocenters. The van der Waals surface area contributed by atoms with Crippen molar-refractivity contribution in [3.8, 4) is 11.6 Å². The molecule has 2 N–H and O–H groups in total. The third-order valence-corrected chi connectivity index (χ3v) is 6.09. The fourth-order valence-corrected chi connectivity index (χ4v) is 4.34. The van der Waals surface area contributed by atoms with Gasteiger partial charge >= 0.3 is 0 Å². The molecule has 1 fully saturated rings. The Bertz CT molecular complexity index is 1400. The van der Waals surface area contributed by atoms with Crippen molar-refractivity contribution in [2.75, 3.05) is 36.4 Å². The molecule has 4 aromatic rings. The number of hydrogen-bond donors (Lipinski definition) is 2. The van der Waals surface area contributed by atoms with Crippen LogP contribution in [0.25, 0.3) is 15.7 Å². The van der Waals surface area contributed by atoms with Crippen LogP contribution in [0.1, 0.15) is 12.6 Å². The van der Waals surface area contributed by atoms with Gasteiger partial charge in [0.1, 0.15) is 18.0 Å². The largest absolute Gasteiger partial charge is 0.446 e. The van der Waals surface area contributed by atoms with Crippen LogP contribution in [-0.4, -0.2) is 45.7 Å². The molecule has 1 aliphatic heterocycles. The highest BCUT2D eigenvalue weighted by Crippen LogP contribution is 2.38. The van der Waals surface area contributed by atoms with Gasteiger partial charge in [0, 0.05) is 43.8 Å². The summed E-state index contributed by atoms with van der Waals surface area (Å²) in [5.41, 5.74) is 2.83. The fraction of sp³-hybridized carbons (Fsp3) is 0.280. The highest BCUT2D eigenvalue weighted by molar-refractivity contribution is 5.84. The Morgan fingerprint density at radius 2 is 2.00 bits per heavy atom. The first kappa shape index (κ1) is 22.6. The number of rotatable bonds is 6. The number of piperazine rings is 1. The second-order valence-corrected chi connectivity index (χ2v) is 8.19. The van der Waals surface area contributed by atoms with E-state index in [1.54, 1.807) is 18.3 Å². The molecule has 0 saturated carbocycles. The number of nitrogens with one attached hydrogen (secondary N) is 2. The normalized spacial score (nSPS) is 13.6. The standard InChI is InChI=1S/C25H25FN8O/c1-4-34-16(2)13-18-19(34)6-7-20(22(18)26)35-25-23(27-3)24(30-15-31-25)32-21-8-5-17(14-29-21)33-11-9-28-10-12-33/h5-8,13-15,28H,4,9-12H2,1-2H3,(H,29,30,31,32). The van der Waals surface area contributed by atoms with Gasteiger partial charge in [0.15, 0.2) is 11.6 Å². The van der Waals surface area contributed by atoms with E-state index in [4.69, 9.17) is 11.3 Å². The second-order valence-electron chi connectivity index (χ2n) is 8.19. The molecule has 178 valence electrons. The van der Waals surface area contributed by atoms with E-state index in [-0.39, 0.29) is 23.1 Å². The third-order valence-electron chi connectivity index (χ3n) is 6.09. The summed E-state index contributed by atoms with van der Waals surface area (Å²) < 4.78 is 23.1. The maximum atomic E-state index is 15.3. The van der Waals surface area contributed by atoms with Gasteiger partial charge in [-0.3, -0.25) is 0 Å². The maximum absolute atomic E-state index is 15.3. The van der Waals surface area contributed by atoms with Crippen LogP contribution in [-0.2, 0) is 6.54 Å². The third kappa shape index (κ3) is 4.34. The number of pyridine rings is 1. The Hall–Kier alpha value is -4.23. The van der Waals surface area contributed by atoms with Crippen molar-refractivity contribution in [3.63, 3.8) is 0 Å². The van der Waals surface area contributed by atoms with Gasteiger partial charge in [-0.15, -0.1) is 0 Å². The SMILES string of the molecule is [C-]#[N+]c1c(Nc2ccc(N3CCNCC3)cn2)ncnc1Oc1ccc2c(cc(C)n2CC)c1F. The minimum Gasteiger partial charge on any atom is -0.446 e. The number of aromatic nitrogens is 4. The number of hydrogen-bond acceptors (Lipinski definition) is 7. The van der Waals surface area contributed by atoms with Crippen molar-refractivity contribution < 1.29 is 9.13 Å². The Kier molecular flexibility index (Phi) is 6.16. The molecule has 10 heteroatoms. The zero-order chi connectivity index (χ0) is 24.4. The average Bonchev–Trinajstić information content (AvgIpc) is 3.22. The highest BCUT2D eigenvalue weighted by Gasteiger charge is 2.19. The number of ether oxygens (including phenoxy) is 1. The average molecular weight is 473 g/mol. The Morgan fingerprint density at radius 1 is 1.17 bits per heavy atom. The van der Waals surface area contributed by atoms with Gasteiger partial charge in [-0.25, -0.2) is 24.2 Å². The lowest BCUT2D eigenvalue weighted by Crippen LogP contribution is -2.43. The molecule has 3 aromatic heterocycles. The van der Waals surface area contributed by atoms with E-state index in [0.717, 1.165) is 49.6 Å². The van der Waals surface area contributed by atoms with E-state index in [9.17, 15) is 0 Å². The molecule has 1 aliphatic rings. The summed E-state index contributed by atoms with van der Waals surface area (Å²) in [6, 6.07) is 8.97. The summed E-state index contributed by atoms with van der Waals surface area (Å²) in [6.45, 7) is 16.1. The summed E-state index contributed by atoms with van der Waals surface area (Å²) in [5, 5.41) is 6.85. The maximum Gasteiger partial charge on any atom is 0.288 e. The molecule has 9 nitrogen and oxygen atoms in total. The first-order valence-corrected chi connectivity index (χ1v) is 11.5. The molecule has 0 bridgehead atoms. The van der Waals surface area contributed by atoms with E-state index in [1.807, 2.05) is 36.6 Å². The lowest BCUT2D eigenvalue weighted by atomic mass is 10.2. The smallest absolute Gasteiger partial charge is 0.288 e. The monoisotopic (exact) mass is 472 g/mol. The molecular weight excluding hydrogens is 447 g/mol. The minimum atomic E-state index is -0.493. The molecule has 5 rings (SSSR count). The summed E-state index contributed by atoms with van der Waals surface area (Å²) in [4.78, 5) is 18.5. The van der Waals surface area contributed by atoms with Gasteiger partial charge in [-0.05, 0) is 44.2 Å². The van der Waals surface area contributed by atoms with Crippen LogP contribution >= 0.6 is 0 Å². The van der Waals surface area contributed by atoms with Crippen LogP contribution < -0.4 is 20.3 Å². The summed E-state index contributed by atoms with van der Waals surface area (Å²) >= 11 is 0. The van der Waals surface area contributed by atoms with E-state index in [1.165, 1.54) is 6.33 Å². The van der Waals surface area contributed by atoms with E-state index < -0.39 is 5.82 Å². The summed E-state index contributed by atoms with van der Waals surface area (Å²) in [5.74, 6) is 0.245. The number of benzene rings is 1. The van der Waals surface area contributed by atoms with Crippen LogP contribution in [0.3, 0.4) is 0 Å². The van der Waals surface area contributed by atoms with Crippen LogP contribution in [0, 0.1) is 19.3 Å². The van der Waals surface area contributed by atoms with Crippen LogP contribution in [0.15, 0.2) is 42.9 Å². The highest BCUT2D eigenvalue weighted by atomic mass is 19.1. The van der Waals surface area contributed by atoms with Crippen molar-refractivity contribution >= 4 is 33.9 Å². The van der Waals surface area contributed by atoms with Crippen LogP contribution in [0.4, 0.5) is 27.4 Å². The van der Waals surface area contributed by atoms with Gasteiger partial charge in [0.25, 0.3) is 5.69 Å². The molecule has 4 heterocycles. The molecule has 35 heavy (non-hydrogen) atoms. The number of nitrogens with zero attached hydrogens (tertiary/aromatic N) is 6. The quantitative estimate of drug-likeness (QED) is 0.390. The molecule has 0 aliphatic carbocycles. The molecule has 1 saturated heterocycles. The number of aryl methyl sites for hydroxylation is 2. The fourth-order valence-electron chi connectivity index (χ4n) is 4.34. The molecule has 0 amide bonds. The Labute approximate surface area is 202 Å². The lowest BCUT2D eigenvalue weighted by Gasteiger charge is -2.29. The first-order valence-electron chi connectivity index (χ1n) is 11.5. The number of anilines is 3. The summed E-state index contributed by atoms with van der Waals surface area (Å²) in [6.07, 6.45) is 3.06.